The molecule has 3 aliphatic heterocycles. The summed E-state index contributed by atoms with van der Waals surface area (Å²) in [5.74, 6) is 2.00. The lowest BCUT2D eigenvalue weighted by molar-refractivity contribution is 0.0858. The minimum atomic E-state index is 0.0518. The molecule has 1 N–H and O–H groups in total. The second kappa shape index (κ2) is 3.75. The zero-order chi connectivity index (χ0) is 15.2. The second-order valence-corrected chi connectivity index (χ2v) is 6.68. The normalized spacial score (nSPS) is 25.0. The first kappa shape index (κ1) is 12.3. The van der Waals surface area contributed by atoms with Crippen molar-refractivity contribution in [3.8, 4) is 5.75 Å². The van der Waals surface area contributed by atoms with Crippen LogP contribution in [0.5, 0.6) is 5.75 Å². The van der Waals surface area contributed by atoms with Gasteiger partial charge in [-0.15, -0.1) is 0 Å². The number of aromatic hydroxyl groups is 1. The molecule has 0 spiro atoms. The van der Waals surface area contributed by atoms with Gasteiger partial charge in [-0.3, -0.25) is 14.7 Å². The van der Waals surface area contributed by atoms with E-state index in [9.17, 15) is 9.90 Å². The molecule has 2 aromatic carbocycles. The van der Waals surface area contributed by atoms with E-state index in [1.807, 2.05) is 30.0 Å². The number of rotatable bonds is 0. The third-order valence-corrected chi connectivity index (χ3v) is 5.55. The summed E-state index contributed by atoms with van der Waals surface area (Å²) in [6.45, 7) is 3.24. The number of amidine groups is 1. The molecule has 0 unspecified atom stereocenters. The standard InChI is InChI=1S/C16H14B2N2O2/c1-7-11(21)5-3-8-2-4-9-13(12(7)8)15-19-14-10(18(14)17)6-20(15)16(9)22/h2-5,10,14,21H,6,17H2,1H3/t10-,14+/m1/s1. The summed E-state index contributed by atoms with van der Waals surface area (Å²) < 4.78 is 0. The van der Waals surface area contributed by atoms with Gasteiger partial charge in [0, 0.05) is 18.0 Å². The Hall–Kier alpha value is -2.23. The summed E-state index contributed by atoms with van der Waals surface area (Å²) in [6, 6.07) is 7.46. The molecule has 2 aromatic rings. The number of hydrogen-bond donors (Lipinski definition) is 1. The molecule has 0 aliphatic carbocycles. The maximum Gasteiger partial charge on any atom is 0.260 e. The van der Waals surface area contributed by atoms with Crippen molar-refractivity contribution in [1.29, 1.82) is 0 Å². The molecular weight excluding hydrogens is 274 g/mol. The third-order valence-electron chi connectivity index (χ3n) is 5.55. The molecule has 0 bridgehead atoms. The van der Waals surface area contributed by atoms with Gasteiger partial charge in [0.2, 0.25) is 0 Å². The maximum absolute atomic E-state index is 12.7. The van der Waals surface area contributed by atoms with E-state index in [1.54, 1.807) is 6.07 Å². The van der Waals surface area contributed by atoms with Crippen molar-refractivity contribution in [2.24, 2.45) is 4.99 Å². The summed E-state index contributed by atoms with van der Waals surface area (Å²) in [6.07, 6.45) is 0. The minimum absolute atomic E-state index is 0.0518. The lowest BCUT2D eigenvalue weighted by Gasteiger charge is -2.21. The predicted molar refractivity (Wildman–Crippen MR) is 89.8 cm³/mol. The van der Waals surface area contributed by atoms with Gasteiger partial charge in [0.05, 0.1) is 13.3 Å². The Labute approximate surface area is 129 Å². The van der Waals surface area contributed by atoms with E-state index in [0.717, 1.165) is 34.3 Å². The smallest absolute Gasteiger partial charge is 0.260 e. The van der Waals surface area contributed by atoms with Crippen molar-refractivity contribution in [1.82, 2.24) is 4.90 Å². The first-order chi connectivity index (χ1) is 10.6. The van der Waals surface area contributed by atoms with E-state index in [0.29, 0.717) is 23.9 Å². The summed E-state index contributed by atoms with van der Waals surface area (Å²) >= 11 is 0. The molecule has 6 heteroatoms. The Morgan fingerprint density at radius 3 is 2.95 bits per heavy atom. The van der Waals surface area contributed by atoms with Gasteiger partial charge in [-0.1, -0.05) is 12.1 Å². The van der Waals surface area contributed by atoms with Crippen molar-refractivity contribution < 1.29 is 9.90 Å². The number of phenolic OH excluding ortho intramolecular Hbond substituents is 1. The van der Waals surface area contributed by atoms with Gasteiger partial charge in [-0.05, 0) is 41.2 Å². The number of aryl methyl sites for hydroxylation is 1. The SMILES string of the molecule is BB1[C@H]2N=C3c4c(ccc5ccc(O)c(C)c45)C(=O)N3C[C@@H]12. The van der Waals surface area contributed by atoms with Crippen LogP contribution in [0, 0.1) is 6.92 Å². The molecule has 0 saturated carbocycles. The number of nitrogens with zero attached hydrogens (tertiary/aromatic N) is 2. The monoisotopic (exact) mass is 288 g/mol. The average Bonchev–Trinajstić information content (AvgIpc) is 3.07. The van der Waals surface area contributed by atoms with Gasteiger partial charge >= 0.3 is 0 Å². The number of carbonyl (C=O) groups excluding carboxylic acids is 1. The number of aliphatic imine (C=N–C) groups is 1. The van der Waals surface area contributed by atoms with Crippen LogP contribution in [0.15, 0.2) is 29.3 Å². The molecule has 5 rings (SSSR count). The van der Waals surface area contributed by atoms with E-state index in [4.69, 9.17) is 4.99 Å². The molecule has 4 nitrogen and oxygen atoms in total. The number of hydrogen-bond acceptors (Lipinski definition) is 3. The van der Waals surface area contributed by atoms with Crippen LogP contribution in [-0.2, 0) is 0 Å². The molecule has 1 amide bonds. The molecule has 0 radical (unpaired) electrons. The topological polar surface area (TPSA) is 52.9 Å². The molecule has 106 valence electrons. The fourth-order valence-electron chi connectivity index (χ4n) is 4.04. The van der Waals surface area contributed by atoms with Crippen LogP contribution in [0.1, 0.15) is 21.5 Å². The minimum Gasteiger partial charge on any atom is -0.508 e. The van der Waals surface area contributed by atoms with Crippen LogP contribution in [-0.4, -0.2) is 48.6 Å². The Balaban J connectivity index is 1.87. The summed E-state index contributed by atoms with van der Waals surface area (Å²) in [4.78, 5) is 19.4. The fraction of sp³-hybridized carbons (Fsp3) is 0.250. The van der Waals surface area contributed by atoms with Crippen molar-refractivity contribution >= 4 is 36.9 Å². The second-order valence-electron chi connectivity index (χ2n) is 6.68. The van der Waals surface area contributed by atoms with E-state index in [1.165, 1.54) is 0 Å². The van der Waals surface area contributed by atoms with E-state index < -0.39 is 0 Å². The van der Waals surface area contributed by atoms with Gasteiger partial charge in [-0.25, -0.2) is 0 Å². The van der Waals surface area contributed by atoms with E-state index in [-0.39, 0.29) is 11.7 Å². The van der Waals surface area contributed by atoms with Crippen molar-refractivity contribution in [3.63, 3.8) is 0 Å². The van der Waals surface area contributed by atoms with Crippen LogP contribution < -0.4 is 0 Å². The molecule has 0 aromatic heterocycles. The first-order valence-electron chi connectivity index (χ1n) is 7.73. The average molecular weight is 288 g/mol. The van der Waals surface area contributed by atoms with Crippen LogP contribution in [0.25, 0.3) is 10.8 Å². The highest BCUT2D eigenvalue weighted by Crippen LogP contribution is 2.45. The fourth-order valence-corrected chi connectivity index (χ4v) is 4.04. The zero-order valence-electron chi connectivity index (χ0n) is 12.5. The number of fused-ring (bicyclic) bond motifs is 6. The van der Waals surface area contributed by atoms with E-state index >= 15 is 0 Å². The number of phenols is 1. The van der Waals surface area contributed by atoms with Gasteiger partial charge < -0.3 is 5.11 Å². The third kappa shape index (κ3) is 1.31. The molecule has 2 atom stereocenters. The molecule has 1 saturated heterocycles. The summed E-state index contributed by atoms with van der Waals surface area (Å²) in [7, 11) is 2.20. The Morgan fingerprint density at radius 1 is 1.36 bits per heavy atom. The predicted octanol–water partition coefficient (Wildman–Crippen LogP) is 0.986. The molecule has 3 aliphatic rings. The van der Waals surface area contributed by atoms with Crippen LogP contribution in [0.4, 0.5) is 0 Å². The van der Waals surface area contributed by atoms with Gasteiger partial charge in [0.25, 0.3) is 5.91 Å². The lowest BCUT2D eigenvalue weighted by Crippen LogP contribution is -2.34. The van der Waals surface area contributed by atoms with Crippen molar-refractivity contribution in [2.45, 2.75) is 18.7 Å². The van der Waals surface area contributed by atoms with Gasteiger partial charge in [0.15, 0.2) is 0 Å². The van der Waals surface area contributed by atoms with Crippen LogP contribution in [0.2, 0.25) is 5.82 Å². The van der Waals surface area contributed by atoms with Crippen molar-refractivity contribution in [2.75, 3.05) is 6.54 Å². The molecule has 1 fully saturated rings. The summed E-state index contributed by atoms with van der Waals surface area (Å²) in [5.41, 5.74) is 2.44. The molecule has 22 heavy (non-hydrogen) atoms. The molecular formula is C16H14B2N2O2. The van der Waals surface area contributed by atoms with E-state index in [2.05, 4.69) is 7.74 Å². The quantitative estimate of drug-likeness (QED) is 0.735. The Bertz CT molecular complexity index is 909. The largest absolute Gasteiger partial charge is 0.508 e. The summed E-state index contributed by atoms with van der Waals surface area (Å²) in [5, 5.41) is 12.1. The number of carbonyl (C=O) groups is 1. The van der Waals surface area contributed by atoms with Crippen LogP contribution >= 0.6 is 0 Å². The Morgan fingerprint density at radius 2 is 2.14 bits per heavy atom. The number of benzene rings is 2. The maximum atomic E-state index is 12.7. The highest BCUT2D eigenvalue weighted by molar-refractivity contribution is 7.12. The zero-order valence-corrected chi connectivity index (χ0v) is 12.5. The van der Waals surface area contributed by atoms with Crippen molar-refractivity contribution in [3.05, 3.63) is 41.0 Å². The number of amides is 1. The lowest BCUT2D eigenvalue weighted by atomic mass is 9.45. The Kier molecular flexibility index (Phi) is 2.10. The van der Waals surface area contributed by atoms with Gasteiger partial charge in [0.1, 0.15) is 18.2 Å². The first-order valence-corrected chi connectivity index (χ1v) is 7.73. The van der Waals surface area contributed by atoms with Gasteiger partial charge in [-0.2, -0.15) is 0 Å². The van der Waals surface area contributed by atoms with Crippen LogP contribution in [0.3, 0.4) is 0 Å². The molecule has 3 heterocycles. The highest BCUT2D eigenvalue weighted by atomic mass is 16.3. The highest BCUT2D eigenvalue weighted by Gasteiger charge is 2.55.